The molecule has 1 aromatic rings. The van der Waals surface area contributed by atoms with Crippen LogP contribution in [0.15, 0.2) is 24.3 Å². The Morgan fingerprint density at radius 1 is 1.33 bits per heavy atom. The van der Waals surface area contributed by atoms with Crippen LogP contribution in [0.4, 0.5) is 0 Å². The van der Waals surface area contributed by atoms with Gasteiger partial charge < -0.3 is 0 Å². The van der Waals surface area contributed by atoms with E-state index in [0.29, 0.717) is 0 Å². The molecule has 0 radical (unpaired) electrons. The van der Waals surface area contributed by atoms with Gasteiger partial charge in [-0.15, -0.1) is 0 Å². The van der Waals surface area contributed by atoms with Crippen LogP contribution in [0, 0.1) is 0 Å². The molecule has 0 aromatic heterocycles. The van der Waals surface area contributed by atoms with E-state index < -0.39 is 19.8 Å². The monoisotopic (exact) mass is 299 g/mol. The predicted molar refractivity (Wildman–Crippen MR) is 55.1 cm³/mol. The molecule has 1 rings (SSSR count). The molecular weight excluding hydrogens is 285 g/mol. The van der Waals surface area contributed by atoms with Gasteiger partial charge in [-0.3, -0.25) is 0 Å². The van der Waals surface area contributed by atoms with Crippen molar-refractivity contribution in [1.82, 2.24) is 4.90 Å². The first-order chi connectivity index (χ1) is 5.74. The molecule has 0 spiro atoms. The minimum atomic E-state index is -0.462. The van der Waals surface area contributed by atoms with Crippen molar-refractivity contribution in [2.24, 2.45) is 0 Å². The van der Waals surface area contributed by atoms with Crippen molar-refractivity contribution in [3.05, 3.63) is 29.8 Å². The van der Waals surface area contributed by atoms with Gasteiger partial charge in [0.25, 0.3) is 0 Å². The van der Waals surface area contributed by atoms with Crippen molar-refractivity contribution >= 4 is 32.4 Å². The van der Waals surface area contributed by atoms with Gasteiger partial charge in [-0.2, -0.15) is 0 Å². The van der Waals surface area contributed by atoms with E-state index in [2.05, 4.69) is 43.3 Å². The van der Waals surface area contributed by atoms with Gasteiger partial charge in [-0.05, 0) is 0 Å². The summed E-state index contributed by atoms with van der Waals surface area (Å²) < 4.78 is 1.36. The standard InChI is InChI=1S/C9H12ClNTe/c1-11(2)7-8-5-3-4-6-9(8)12-10/h3-6H,7H2,1-2H3. The first-order valence-corrected chi connectivity index (χ1v) is 7.87. The van der Waals surface area contributed by atoms with Crippen molar-refractivity contribution < 1.29 is 0 Å². The average Bonchev–Trinajstić information content (AvgIpc) is 2.04. The number of hydrogen-bond donors (Lipinski definition) is 0. The van der Waals surface area contributed by atoms with E-state index >= 15 is 0 Å². The topological polar surface area (TPSA) is 3.24 Å². The first-order valence-electron chi connectivity index (χ1n) is 3.75. The minimum absolute atomic E-state index is 0.462. The second-order valence-corrected chi connectivity index (χ2v) is 5.65. The summed E-state index contributed by atoms with van der Waals surface area (Å²) in [5.74, 6) is 0. The Balaban J connectivity index is 2.82. The second-order valence-electron chi connectivity index (χ2n) is 2.92. The van der Waals surface area contributed by atoms with Crippen molar-refractivity contribution in [3.8, 4) is 0 Å². The molecule has 1 aromatic carbocycles. The van der Waals surface area contributed by atoms with E-state index in [9.17, 15) is 0 Å². The molecule has 0 aliphatic carbocycles. The van der Waals surface area contributed by atoms with Gasteiger partial charge in [0, 0.05) is 0 Å². The van der Waals surface area contributed by atoms with Crippen LogP contribution in [0.25, 0.3) is 0 Å². The van der Waals surface area contributed by atoms with Crippen LogP contribution < -0.4 is 3.61 Å². The average molecular weight is 297 g/mol. The van der Waals surface area contributed by atoms with Gasteiger partial charge in [-0.1, -0.05) is 0 Å². The molecule has 0 unspecified atom stereocenters. The number of rotatable bonds is 3. The Hall–Kier alpha value is 0.260. The summed E-state index contributed by atoms with van der Waals surface area (Å²) in [7, 11) is 10.1. The molecular formula is C9H12ClNTe. The molecule has 66 valence electrons. The van der Waals surface area contributed by atoms with E-state index in [1.807, 2.05) is 0 Å². The Morgan fingerprint density at radius 2 is 2.00 bits per heavy atom. The summed E-state index contributed by atoms with van der Waals surface area (Å²) in [6.07, 6.45) is 0. The van der Waals surface area contributed by atoms with Crippen LogP contribution in [0.2, 0.25) is 0 Å². The van der Waals surface area contributed by atoms with Gasteiger partial charge in [0.2, 0.25) is 0 Å². The number of hydrogen-bond acceptors (Lipinski definition) is 1. The van der Waals surface area contributed by atoms with Crippen molar-refractivity contribution in [3.63, 3.8) is 0 Å². The summed E-state index contributed by atoms with van der Waals surface area (Å²) in [6.45, 7) is 0.994. The Kier molecular flexibility index (Phi) is 4.39. The number of nitrogens with zero attached hydrogens (tertiary/aromatic N) is 1. The zero-order valence-electron chi connectivity index (χ0n) is 7.25. The zero-order chi connectivity index (χ0) is 8.97. The Morgan fingerprint density at radius 3 is 2.58 bits per heavy atom. The molecule has 0 amide bonds. The third-order valence-electron chi connectivity index (χ3n) is 1.54. The first kappa shape index (κ1) is 10.3. The van der Waals surface area contributed by atoms with Crippen LogP contribution in [0.5, 0.6) is 0 Å². The summed E-state index contributed by atoms with van der Waals surface area (Å²) in [5.41, 5.74) is 1.37. The third kappa shape index (κ3) is 2.95. The van der Waals surface area contributed by atoms with Gasteiger partial charge >= 0.3 is 87.7 Å². The fourth-order valence-corrected chi connectivity index (χ4v) is 3.09. The SMILES string of the molecule is CN(C)Cc1ccccc1[Te]Cl. The van der Waals surface area contributed by atoms with Crippen molar-refractivity contribution in [2.45, 2.75) is 6.54 Å². The summed E-state index contributed by atoms with van der Waals surface area (Å²) in [6, 6.07) is 8.42. The molecule has 0 saturated heterocycles. The fourth-order valence-electron chi connectivity index (χ4n) is 1.05. The van der Waals surface area contributed by atoms with Gasteiger partial charge in [0.15, 0.2) is 0 Å². The van der Waals surface area contributed by atoms with E-state index in [4.69, 9.17) is 8.96 Å². The van der Waals surface area contributed by atoms with Crippen LogP contribution in [-0.2, 0) is 6.54 Å². The number of halogens is 1. The maximum atomic E-state index is 5.93. The molecule has 0 aliphatic heterocycles. The van der Waals surface area contributed by atoms with Crippen LogP contribution >= 0.6 is 8.96 Å². The van der Waals surface area contributed by atoms with Crippen molar-refractivity contribution in [2.75, 3.05) is 14.1 Å². The molecule has 0 saturated carbocycles. The molecule has 0 bridgehead atoms. The molecule has 0 aliphatic rings. The molecule has 0 N–H and O–H groups in total. The molecule has 1 nitrogen and oxygen atoms in total. The molecule has 3 heteroatoms. The molecule has 0 atom stereocenters. The molecule has 12 heavy (non-hydrogen) atoms. The fraction of sp³-hybridized carbons (Fsp3) is 0.333. The maximum absolute atomic E-state index is 5.93. The zero-order valence-corrected chi connectivity index (χ0v) is 10.3. The molecule has 0 fully saturated rings. The Bertz CT molecular complexity index is 250. The van der Waals surface area contributed by atoms with E-state index in [-0.39, 0.29) is 0 Å². The van der Waals surface area contributed by atoms with Gasteiger partial charge in [0.1, 0.15) is 0 Å². The second kappa shape index (κ2) is 5.09. The van der Waals surface area contributed by atoms with E-state index in [1.54, 1.807) is 0 Å². The Labute approximate surface area is 87.5 Å². The summed E-state index contributed by atoms with van der Waals surface area (Å²) in [5, 5.41) is 0. The van der Waals surface area contributed by atoms with E-state index in [0.717, 1.165) is 6.54 Å². The van der Waals surface area contributed by atoms with Gasteiger partial charge in [0.05, 0.1) is 0 Å². The third-order valence-corrected chi connectivity index (χ3v) is 4.27. The van der Waals surface area contributed by atoms with Crippen molar-refractivity contribution in [1.29, 1.82) is 0 Å². The van der Waals surface area contributed by atoms with E-state index in [1.165, 1.54) is 9.17 Å². The van der Waals surface area contributed by atoms with Crippen LogP contribution in [-0.4, -0.2) is 38.8 Å². The summed E-state index contributed by atoms with van der Waals surface area (Å²) in [4.78, 5) is 2.17. The van der Waals surface area contributed by atoms with Crippen LogP contribution in [0.3, 0.4) is 0 Å². The van der Waals surface area contributed by atoms with Crippen LogP contribution in [0.1, 0.15) is 5.56 Å². The molecule has 0 heterocycles. The number of benzene rings is 1. The normalized spacial score (nSPS) is 10.7. The van der Waals surface area contributed by atoms with Gasteiger partial charge in [-0.25, -0.2) is 0 Å². The quantitative estimate of drug-likeness (QED) is 0.759. The predicted octanol–water partition coefficient (Wildman–Crippen LogP) is 1.23. The summed E-state index contributed by atoms with van der Waals surface area (Å²) >= 11 is -0.462.